The lowest BCUT2D eigenvalue weighted by Crippen LogP contribution is -2.53. The van der Waals surface area contributed by atoms with E-state index in [-0.39, 0.29) is 0 Å². The molecule has 0 saturated heterocycles. The van der Waals surface area contributed by atoms with Gasteiger partial charge < -0.3 is 5.32 Å². The standard InChI is InChI=1S/C18H35N/c1-17(2,3)14-10-6-7-11-15(14)19-16-12-8-9-13-18(16,4)5/h14-16,19H,6-13H2,1-5H3. The molecule has 3 unspecified atom stereocenters. The normalized spacial score (nSPS) is 36.2. The first-order valence-electron chi connectivity index (χ1n) is 8.57. The van der Waals surface area contributed by atoms with Crippen molar-refractivity contribution in [3.8, 4) is 0 Å². The van der Waals surface area contributed by atoms with Crippen LogP contribution >= 0.6 is 0 Å². The molecule has 1 heteroatoms. The third-order valence-corrected chi connectivity index (χ3v) is 5.80. The van der Waals surface area contributed by atoms with Crippen LogP contribution in [0.2, 0.25) is 0 Å². The quantitative estimate of drug-likeness (QED) is 0.728. The van der Waals surface area contributed by atoms with Crippen molar-refractivity contribution in [2.24, 2.45) is 16.7 Å². The highest BCUT2D eigenvalue weighted by Gasteiger charge is 2.38. The van der Waals surface area contributed by atoms with Crippen LogP contribution in [0.1, 0.15) is 86.0 Å². The van der Waals surface area contributed by atoms with Crippen LogP contribution in [0.25, 0.3) is 0 Å². The largest absolute Gasteiger partial charge is 0.310 e. The average molecular weight is 265 g/mol. The third kappa shape index (κ3) is 3.74. The first kappa shape index (κ1) is 15.4. The van der Waals surface area contributed by atoms with E-state index in [1.54, 1.807) is 0 Å². The summed E-state index contributed by atoms with van der Waals surface area (Å²) >= 11 is 0. The molecule has 0 bridgehead atoms. The molecule has 2 aliphatic carbocycles. The number of hydrogen-bond donors (Lipinski definition) is 1. The van der Waals surface area contributed by atoms with Gasteiger partial charge in [-0.05, 0) is 42.4 Å². The van der Waals surface area contributed by atoms with Crippen LogP contribution in [0.15, 0.2) is 0 Å². The summed E-state index contributed by atoms with van der Waals surface area (Å²) in [5, 5.41) is 4.10. The summed E-state index contributed by atoms with van der Waals surface area (Å²) in [7, 11) is 0. The SMILES string of the molecule is CC(C)(C)C1CCCCC1NC1CCCCC1(C)C. The number of rotatable bonds is 2. The predicted molar refractivity (Wildman–Crippen MR) is 84.4 cm³/mol. The molecule has 1 nitrogen and oxygen atoms in total. The van der Waals surface area contributed by atoms with Gasteiger partial charge in [0.15, 0.2) is 0 Å². The predicted octanol–water partition coefficient (Wildman–Crippen LogP) is 5.15. The summed E-state index contributed by atoms with van der Waals surface area (Å²) in [4.78, 5) is 0. The van der Waals surface area contributed by atoms with Crippen LogP contribution in [-0.4, -0.2) is 12.1 Å². The van der Waals surface area contributed by atoms with E-state index >= 15 is 0 Å². The Morgan fingerprint density at radius 3 is 2.16 bits per heavy atom. The summed E-state index contributed by atoms with van der Waals surface area (Å²) in [6.07, 6.45) is 11.3. The van der Waals surface area contributed by atoms with Crippen molar-refractivity contribution < 1.29 is 0 Å². The molecule has 2 rings (SSSR count). The van der Waals surface area contributed by atoms with Crippen LogP contribution in [-0.2, 0) is 0 Å². The molecule has 0 aliphatic heterocycles. The molecule has 19 heavy (non-hydrogen) atoms. The zero-order valence-electron chi connectivity index (χ0n) is 13.9. The maximum absolute atomic E-state index is 4.10. The van der Waals surface area contributed by atoms with Crippen LogP contribution < -0.4 is 5.32 Å². The minimum Gasteiger partial charge on any atom is -0.310 e. The highest BCUT2D eigenvalue weighted by molar-refractivity contribution is 4.94. The topological polar surface area (TPSA) is 12.0 Å². The van der Waals surface area contributed by atoms with Gasteiger partial charge in [-0.2, -0.15) is 0 Å². The summed E-state index contributed by atoms with van der Waals surface area (Å²) in [6, 6.07) is 1.50. The molecule has 0 aromatic carbocycles. The van der Waals surface area contributed by atoms with Crippen molar-refractivity contribution in [2.75, 3.05) is 0 Å². The molecule has 2 aliphatic rings. The summed E-state index contributed by atoms with van der Waals surface area (Å²) in [5.74, 6) is 0.860. The van der Waals surface area contributed by atoms with E-state index in [0.29, 0.717) is 10.8 Å². The lowest BCUT2D eigenvalue weighted by Gasteiger charge is -2.47. The maximum atomic E-state index is 4.10. The van der Waals surface area contributed by atoms with Crippen LogP contribution in [0.5, 0.6) is 0 Å². The van der Waals surface area contributed by atoms with Gasteiger partial charge in [0.2, 0.25) is 0 Å². The molecule has 0 amide bonds. The lowest BCUT2D eigenvalue weighted by molar-refractivity contribution is 0.0841. The van der Waals surface area contributed by atoms with E-state index in [9.17, 15) is 0 Å². The van der Waals surface area contributed by atoms with E-state index in [0.717, 1.165) is 18.0 Å². The smallest absolute Gasteiger partial charge is 0.0121 e. The first-order valence-corrected chi connectivity index (χ1v) is 8.57. The first-order chi connectivity index (χ1) is 8.81. The average Bonchev–Trinajstić information content (AvgIpc) is 2.31. The van der Waals surface area contributed by atoms with Gasteiger partial charge in [-0.25, -0.2) is 0 Å². The molecular formula is C18H35N. The Bertz CT molecular complexity index is 287. The van der Waals surface area contributed by atoms with Gasteiger partial charge in [-0.15, -0.1) is 0 Å². The van der Waals surface area contributed by atoms with E-state index in [2.05, 4.69) is 39.9 Å². The molecule has 2 fully saturated rings. The molecular weight excluding hydrogens is 230 g/mol. The van der Waals surface area contributed by atoms with Gasteiger partial charge in [0, 0.05) is 12.1 Å². The molecule has 0 spiro atoms. The second-order valence-corrected chi connectivity index (χ2v) is 8.82. The van der Waals surface area contributed by atoms with E-state index in [1.807, 2.05) is 0 Å². The Morgan fingerprint density at radius 1 is 0.895 bits per heavy atom. The van der Waals surface area contributed by atoms with Gasteiger partial charge in [-0.1, -0.05) is 60.3 Å². The monoisotopic (exact) mass is 265 g/mol. The fraction of sp³-hybridized carbons (Fsp3) is 1.00. The van der Waals surface area contributed by atoms with E-state index < -0.39 is 0 Å². The van der Waals surface area contributed by atoms with Crippen molar-refractivity contribution in [1.29, 1.82) is 0 Å². The fourth-order valence-corrected chi connectivity index (χ4v) is 4.43. The van der Waals surface area contributed by atoms with E-state index in [1.165, 1.54) is 51.4 Å². The van der Waals surface area contributed by atoms with Gasteiger partial charge in [0.1, 0.15) is 0 Å². The number of nitrogens with one attached hydrogen (secondary N) is 1. The Morgan fingerprint density at radius 2 is 1.53 bits per heavy atom. The Kier molecular flexibility index (Phi) is 4.65. The Hall–Kier alpha value is -0.0400. The van der Waals surface area contributed by atoms with Crippen molar-refractivity contribution in [3.05, 3.63) is 0 Å². The van der Waals surface area contributed by atoms with Crippen molar-refractivity contribution >= 4 is 0 Å². The third-order valence-electron chi connectivity index (χ3n) is 5.80. The van der Waals surface area contributed by atoms with Crippen molar-refractivity contribution in [2.45, 2.75) is 98.1 Å². The second-order valence-electron chi connectivity index (χ2n) is 8.82. The minimum absolute atomic E-state index is 0.455. The summed E-state index contributed by atoms with van der Waals surface area (Å²) in [5.41, 5.74) is 0.953. The van der Waals surface area contributed by atoms with Gasteiger partial charge in [0.05, 0.1) is 0 Å². The molecule has 0 heterocycles. The Labute approximate surface area is 120 Å². The zero-order chi connectivity index (χ0) is 14.1. The van der Waals surface area contributed by atoms with E-state index in [4.69, 9.17) is 0 Å². The number of hydrogen-bond acceptors (Lipinski definition) is 1. The summed E-state index contributed by atoms with van der Waals surface area (Å²) < 4.78 is 0. The minimum atomic E-state index is 0.455. The van der Waals surface area contributed by atoms with Gasteiger partial charge in [0.25, 0.3) is 0 Å². The molecule has 0 aromatic rings. The fourth-order valence-electron chi connectivity index (χ4n) is 4.43. The van der Waals surface area contributed by atoms with Crippen molar-refractivity contribution in [1.82, 2.24) is 5.32 Å². The van der Waals surface area contributed by atoms with Gasteiger partial charge >= 0.3 is 0 Å². The molecule has 0 radical (unpaired) electrons. The highest BCUT2D eigenvalue weighted by Crippen LogP contribution is 2.41. The Balaban J connectivity index is 2.03. The van der Waals surface area contributed by atoms with Crippen LogP contribution in [0.4, 0.5) is 0 Å². The molecule has 112 valence electrons. The summed E-state index contributed by atoms with van der Waals surface area (Å²) in [6.45, 7) is 12.2. The molecule has 1 N–H and O–H groups in total. The van der Waals surface area contributed by atoms with Crippen LogP contribution in [0, 0.1) is 16.7 Å². The van der Waals surface area contributed by atoms with Gasteiger partial charge in [-0.3, -0.25) is 0 Å². The second kappa shape index (κ2) is 5.76. The highest BCUT2D eigenvalue weighted by atomic mass is 15.0. The zero-order valence-corrected chi connectivity index (χ0v) is 13.9. The van der Waals surface area contributed by atoms with Crippen molar-refractivity contribution in [3.63, 3.8) is 0 Å². The maximum Gasteiger partial charge on any atom is 0.0121 e. The van der Waals surface area contributed by atoms with Crippen LogP contribution in [0.3, 0.4) is 0 Å². The molecule has 3 atom stereocenters. The molecule has 2 saturated carbocycles. The lowest BCUT2D eigenvalue weighted by atomic mass is 9.67. The molecule has 0 aromatic heterocycles.